The monoisotopic (exact) mass is 289 g/mol. The van der Waals surface area contributed by atoms with Crippen LogP contribution in [0.25, 0.3) is 0 Å². The Labute approximate surface area is 128 Å². The first-order valence-electron chi connectivity index (χ1n) is 7.98. The van der Waals surface area contributed by atoms with Gasteiger partial charge in [-0.2, -0.15) is 0 Å². The third-order valence-electron chi connectivity index (χ3n) is 4.05. The summed E-state index contributed by atoms with van der Waals surface area (Å²) in [6.07, 6.45) is 3.41. The van der Waals surface area contributed by atoms with E-state index in [0.717, 1.165) is 45.6 Å². The molecule has 0 atom stereocenters. The predicted molar refractivity (Wildman–Crippen MR) is 86.3 cm³/mol. The number of likely N-dealkylation sites (N-methyl/N-ethyl adjacent to an activating group) is 1. The Morgan fingerprint density at radius 3 is 2.71 bits per heavy atom. The van der Waals surface area contributed by atoms with Crippen molar-refractivity contribution in [2.75, 3.05) is 46.3 Å². The van der Waals surface area contributed by atoms with Crippen LogP contribution in [0.5, 0.6) is 0 Å². The average molecular weight is 289 g/mol. The van der Waals surface area contributed by atoms with Gasteiger partial charge in [-0.05, 0) is 45.0 Å². The van der Waals surface area contributed by atoms with E-state index in [0.29, 0.717) is 6.54 Å². The van der Waals surface area contributed by atoms with Gasteiger partial charge in [0.15, 0.2) is 0 Å². The first kappa shape index (κ1) is 16.0. The van der Waals surface area contributed by atoms with Gasteiger partial charge in [-0.15, -0.1) is 0 Å². The lowest BCUT2D eigenvalue weighted by molar-refractivity contribution is -0.130. The number of carbonyl (C=O) groups is 1. The lowest BCUT2D eigenvalue weighted by Crippen LogP contribution is -2.39. The molecule has 1 heterocycles. The number of carbonyl (C=O) groups excluding carboxylic acids is 1. The lowest BCUT2D eigenvalue weighted by atomic mass is 10.1. The first-order valence-corrected chi connectivity index (χ1v) is 7.98. The first-order chi connectivity index (χ1) is 10.3. The van der Waals surface area contributed by atoms with Crippen molar-refractivity contribution in [3.63, 3.8) is 0 Å². The smallest absolute Gasteiger partial charge is 0.236 e. The third kappa shape index (κ3) is 5.48. The van der Waals surface area contributed by atoms with Gasteiger partial charge < -0.3 is 15.1 Å². The minimum atomic E-state index is 0.226. The standard InChI is InChI=1S/C17H27N3O/c1-18-15-17(21)20-12-6-11-19(13-14-20)10-5-9-16-7-3-2-4-8-16/h2-4,7-8,18H,5-6,9-15H2,1H3. The molecule has 4 heteroatoms. The van der Waals surface area contributed by atoms with Crippen LogP contribution in [0.1, 0.15) is 18.4 Å². The molecule has 0 aliphatic carbocycles. The maximum absolute atomic E-state index is 11.9. The second-order valence-electron chi connectivity index (χ2n) is 5.70. The van der Waals surface area contributed by atoms with Gasteiger partial charge >= 0.3 is 0 Å². The fourth-order valence-corrected chi connectivity index (χ4v) is 2.86. The maximum atomic E-state index is 11.9. The van der Waals surface area contributed by atoms with Crippen LogP contribution in [-0.2, 0) is 11.2 Å². The molecular weight excluding hydrogens is 262 g/mol. The molecular formula is C17H27N3O. The van der Waals surface area contributed by atoms with E-state index in [4.69, 9.17) is 0 Å². The van der Waals surface area contributed by atoms with E-state index >= 15 is 0 Å². The van der Waals surface area contributed by atoms with Crippen LogP contribution in [0.4, 0.5) is 0 Å². The van der Waals surface area contributed by atoms with E-state index in [9.17, 15) is 4.79 Å². The van der Waals surface area contributed by atoms with E-state index in [1.165, 1.54) is 12.0 Å². The van der Waals surface area contributed by atoms with Crippen LogP contribution in [0.2, 0.25) is 0 Å². The summed E-state index contributed by atoms with van der Waals surface area (Å²) in [7, 11) is 1.83. The van der Waals surface area contributed by atoms with Crippen LogP contribution in [-0.4, -0.2) is 62.0 Å². The number of amides is 1. The molecule has 1 aliphatic heterocycles. The van der Waals surface area contributed by atoms with Gasteiger partial charge in [-0.3, -0.25) is 4.79 Å². The lowest BCUT2D eigenvalue weighted by Gasteiger charge is -2.22. The summed E-state index contributed by atoms with van der Waals surface area (Å²) in [5, 5.41) is 2.94. The number of nitrogens with one attached hydrogen (secondary N) is 1. The largest absolute Gasteiger partial charge is 0.340 e. The molecule has 0 aromatic heterocycles. The number of hydrogen-bond donors (Lipinski definition) is 1. The highest BCUT2D eigenvalue weighted by atomic mass is 16.2. The molecule has 1 aromatic carbocycles. The highest BCUT2D eigenvalue weighted by molar-refractivity contribution is 5.78. The van der Waals surface area contributed by atoms with Gasteiger partial charge in [0, 0.05) is 19.6 Å². The summed E-state index contributed by atoms with van der Waals surface area (Å²) in [6, 6.07) is 10.7. The van der Waals surface area contributed by atoms with Crippen molar-refractivity contribution < 1.29 is 4.79 Å². The normalized spacial score (nSPS) is 16.7. The van der Waals surface area contributed by atoms with Crippen LogP contribution < -0.4 is 5.32 Å². The average Bonchev–Trinajstić information content (AvgIpc) is 2.74. The topological polar surface area (TPSA) is 35.6 Å². The Morgan fingerprint density at radius 2 is 1.95 bits per heavy atom. The molecule has 0 bridgehead atoms. The zero-order chi connectivity index (χ0) is 14.9. The number of rotatable bonds is 6. The predicted octanol–water partition coefficient (Wildman–Crippen LogP) is 1.37. The summed E-state index contributed by atoms with van der Waals surface area (Å²) < 4.78 is 0. The zero-order valence-electron chi connectivity index (χ0n) is 13.1. The highest BCUT2D eigenvalue weighted by Gasteiger charge is 2.17. The van der Waals surface area contributed by atoms with Crippen LogP contribution in [0, 0.1) is 0 Å². The minimum absolute atomic E-state index is 0.226. The molecule has 0 saturated carbocycles. The highest BCUT2D eigenvalue weighted by Crippen LogP contribution is 2.07. The van der Waals surface area contributed by atoms with Crippen molar-refractivity contribution in [1.82, 2.24) is 15.1 Å². The van der Waals surface area contributed by atoms with E-state index in [2.05, 4.69) is 40.5 Å². The van der Waals surface area contributed by atoms with Gasteiger partial charge in [-0.25, -0.2) is 0 Å². The Bertz CT molecular complexity index is 421. The summed E-state index contributed by atoms with van der Waals surface area (Å²) >= 11 is 0. The molecule has 0 spiro atoms. The zero-order valence-corrected chi connectivity index (χ0v) is 13.1. The molecule has 1 aliphatic rings. The Morgan fingerprint density at radius 1 is 1.14 bits per heavy atom. The van der Waals surface area contributed by atoms with Gasteiger partial charge in [0.25, 0.3) is 0 Å². The summed E-state index contributed by atoms with van der Waals surface area (Å²) in [6.45, 7) is 5.46. The second kappa shape index (κ2) is 8.80. The molecule has 1 amide bonds. The summed E-state index contributed by atoms with van der Waals surface area (Å²) in [4.78, 5) is 16.4. The number of benzene rings is 1. The molecule has 1 aromatic rings. The van der Waals surface area contributed by atoms with Gasteiger partial charge in [0.2, 0.25) is 5.91 Å². The Kier molecular flexibility index (Phi) is 6.70. The van der Waals surface area contributed by atoms with Gasteiger partial charge in [-0.1, -0.05) is 30.3 Å². The van der Waals surface area contributed by atoms with E-state index < -0.39 is 0 Å². The molecule has 4 nitrogen and oxygen atoms in total. The number of aryl methyl sites for hydroxylation is 1. The second-order valence-corrected chi connectivity index (χ2v) is 5.70. The van der Waals surface area contributed by atoms with Crippen LogP contribution in [0.15, 0.2) is 30.3 Å². The van der Waals surface area contributed by atoms with Gasteiger partial charge in [0.05, 0.1) is 6.54 Å². The van der Waals surface area contributed by atoms with Crippen molar-refractivity contribution in [3.05, 3.63) is 35.9 Å². The molecule has 1 fully saturated rings. The van der Waals surface area contributed by atoms with Gasteiger partial charge in [0.1, 0.15) is 0 Å². The molecule has 2 rings (SSSR count). The minimum Gasteiger partial charge on any atom is -0.340 e. The van der Waals surface area contributed by atoms with Crippen molar-refractivity contribution in [1.29, 1.82) is 0 Å². The summed E-state index contributed by atoms with van der Waals surface area (Å²) in [5.41, 5.74) is 1.41. The van der Waals surface area contributed by atoms with Crippen LogP contribution >= 0.6 is 0 Å². The third-order valence-corrected chi connectivity index (χ3v) is 4.05. The van der Waals surface area contributed by atoms with Crippen molar-refractivity contribution >= 4 is 5.91 Å². The fourth-order valence-electron chi connectivity index (χ4n) is 2.86. The van der Waals surface area contributed by atoms with E-state index in [1.54, 1.807) is 0 Å². The quantitative estimate of drug-likeness (QED) is 0.859. The van der Waals surface area contributed by atoms with Crippen LogP contribution in [0.3, 0.4) is 0 Å². The number of nitrogens with zero attached hydrogens (tertiary/aromatic N) is 2. The summed E-state index contributed by atoms with van der Waals surface area (Å²) in [5.74, 6) is 0.226. The molecule has 0 unspecified atom stereocenters. The van der Waals surface area contributed by atoms with Crippen molar-refractivity contribution in [2.45, 2.75) is 19.3 Å². The Balaban J connectivity index is 1.69. The van der Waals surface area contributed by atoms with E-state index in [-0.39, 0.29) is 5.91 Å². The molecule has 0 radical (unpaired) electrons. The fraction of sp³-hybridized carbons (Fsp3) is 0.588. The number of hydrogen-bond acceptors (Lipinski definition) is 3. The van der Waals surface area contributed by atoms with Crippen molar-refractivity contribution in [3.8, 4) is 0 Å². The maximum Gasteiger partial charge on any atom is 0.236 e. The van der Waals surface area contributed by atoms with E-state index in [1.807, 2.05) is 11.9 Å². The molecule has 1 saturated heterocycles. The molecule has 116 valence electrons. The molecule has 21 heavy (non-hydrogen) atoms. The molecule has 1 N–H and O–H groups in total. The van der Waals surface area contributed by atoms with Crippen molar-refractivity contribution in [2.24, 2.45) is 0 Å². The SMILES string of the molecule is CNCC(=O)N1CCCN(CCCc2ccccc2)CC1. The Hall–Kier alpha value is -1.39.